The van der Waals surface area contributed by atoms with Crippen LogP contribution in [-0.4, -0.2) is 19.5 Å². The van der Waals surface area contributed by atoms with E-state index in [1.54, 1.807) is 6.33 Å². The van der Waals surface area contributed by atoms with E-state index in [0.717, 1.165) is 19.4 Å². The van der Waals surface area contributed by atoms with Crippen LogP contribution in [0.1, 0.15) is 47.5 Å². The Morgan fingerprint density at radius 1 is 1.40 bits per heavy atom. The molecule has 0 fully saturated rings. The summed E-state index contributed by atoms with van der Waals surface area (Å²) in [4.78, 5) is 22.3. The second kappa shape index (κ2) is 6.54. The summed E-state index contributed by atoms with van der Waals surface area (Å²) < 4.78 is 1.89. The van der Waals surface area contributed by atoms with Gasteiger partial charge in [0.1, 0.15) is 0 Å². The van der Waals surface area contributed by atoms with Gasteiger partial charge in [0.2, 0.25) is 5.95 Å². The van der Waals surface area contributed by atoms with Crippen molar-refractivity contribution in [1.82, 2.24) is 19.5 Å². The third kappa shape index (κ3) is 3.59. The van der Waals surface area contributed by atoms with Crippen molar-refractivity contribution in [2.24, 2.45) is 5.41 Å². The number of nitrogens with one attached hydrogen (secondary N) is 1. The van der Waals surface area contributed by atoms with E-state index in [4.69, 9.17) is 5.73 Å². The maximum absolute atomic E-state index is 11.6. The van der Waals surface area contributed by atoms with Crippen LogP contribution in [0.15, 0.2) is 11.1 Å². The molecule has 0 aromatic carbocycles. The third-order valence-electron chi connectivity index (χ3n) is 3.48. The summed E-state index contributed by atoms with van der Waals surface area (Å²) in [6.45, 7) is 11.4. The molecule has 0 aliphatic carbocycles. The molecule has 20 heavy (non-hydrogen) atoms. The summed E-state index contributed by atoms with van der Waals surface area (Å²) in [6.07, 6.45) is 3.76. The van der Waals surface area contributed by atoms with Crippen LogP contribution in [0.3, 0.4) is 0 Å². The second-order valence-electron chi connectivity index (χ2n) is 5.33. The molecule has 0 aliphatic heterocycles. The number of nitrogens with two attached hydrogens (primary N) is 1. The molecule has 0 saturated heterocycles. The van der Waals surface area contributed by atoms with E-state index in [-0.39, 0.29) is 16.9 Å². The van der Waals surface area contributed by atoms with Crippen molar-refractivity contribution < 1.29 is 0 Å². The van der Waals surface area contributed by atoms with Gasteiger partial charge in [-0.1, -0.05) is 41.0 Å². The molecule has 6 heteroatoms. The van der Waals surface area contributed by atoms with E-state index in [0.29, 0.717) is 11.2 Å². The number of nitrogen functional groups attached to an aromatic ring is 1. The van der Waals surface area contributed by atoms with E-state index < -0.39 is 0 Å². The zero-order valence-corrected chi connectivity index (χ0v) is 13.0. The SMILES string of the molecule is CC.CCC(C)(C)CCn1cnc2c(=O)[nH]c(N)nc21. The summed E-state index contributed by atoms with van der Waals surface area (Å²) in [7, 11) is 0. The normalized spacial score (nSPS) is 11.2. The second-order valence-corrected chi connectivity index (χ2v) is 5.33. The van der Waals surface area contributed by atoms with Gasteiger partial charge in [-0.15, -0.1) is 0 Å². The molecule has 0 bridgehead atoms. The van der Waals surface area contributed by atoms with Crippen LogP contribution in [0.2, 0.25) is 0 Å². The summed E-state index contributed by atoms with van der Waals surface area (Å²) in [5.74, 6) is 0.129. The van der Waals surface area contributed by atoms with Crippen LogP contribution in [0.25, 0.3) is 11.2 Å². The predicted molar refractivity (Wildman–Crippen MR) is 82.6 cm³/mol. The van der Waals surface area contributed by atoms with E-state index in [1.807, 2.05) is 18.4 Å². The average Bonchev–Trinajstić information content (AvgIpc) is 2.82. The van der Waals surface area contributed by atoms with Gasteiger partial charge in [-0.3, -0.25) is 9.78 Å². The van der Waals surface area contributed by atoms with Gasteiger partial charge in [0.05, 0.1) is 6.33 Å². The highest BCUT2D eigenvalue weighted by atomic mass is 16.1. The van der Waals surface area contributed by atoms with Gasteiger partial charge >= 0.3 is 0 Å². The molecule has 0 radical (unpaired) electrons. The van der Waals surface area contributed by atoms with Gasteiger partial charge in [-0.05, 0) is 11.8 Å². The lowest BCUT2D eigenvalue weighted by Crippen LogP contribution is -2.15. The largest absolute Gasteiger partial charge is 0.369 e. The quantitative estimate of drug-likeness (QED) is 0.900. The first-order chi connectivity index (χ1) is 9.43. The minimum absolute atomic E-state index is 0.129. The number of anilines is 1. The number of aromatic nitrogens is 4. The van der Waals surface area contributed by atoms with Crippen molar-refractivity contribution in [2.75, 3.05) is 5.73 Å². The van der Waals surface area contributed by atoms with Crippen LogP contribution in [0, 0.1) is 5.41 Å². The molecule has 3 N–H and O–H groups in total. The fourth-order valence-corrected chi connectivity index (χ4v) is 1.73. The Bertz CT molecular complexity index is 612. The van der Waals surface area contributed by atoms with Crippen molar-refractivity contribution in [2.45, 2.75) is 54.0 Å². The Kier molecular flexibility index (Phi) is 5.30. The highest BCUT2D eigenvalue weighted by Crippen LogP contribution is 2.25. The number of hydrogen-bond donors (Lipinski definition) is 2. The van der Waals surface area contributed by atoms with E-state index in [2.05, 4.69) is 35.7 Å². The van der Waals surface area contributed by atoms with E-state index >= 15 is 0 Å². The lowest BCUT2D eigenvalue weighted by Gasteiger charge is -2.22. The molecule has 0 spiro atoms. The number of H-pyrrole nitrogens is 1. The molecule has 0 atom stereocenters. The van der Waals surface area contributed by atoms with Crippen molar-refractivity contribution in [1.29, 1.82) is 0 Å². The number of aryl methyl sites for hydroxylation is 1. The Morgan fingerprint density at radius 3 is 2.65 bits per heavy atom. The van der Waals surface area contributed by atoms with Gasteiger partial charge in [-0.2, -0.15) is 4.98 Å². The lowest BCUT2D eigenvalue weighted by atomic mass is 9.86. The van der Waals surface area contributed by atoms with Crippen molar-refractivity contribution in [3.05, 3.63) is 16.7 Å². The van der Waals surface area contributed by atoms with Gasteiger partial charge < -0.3 is 10.3 Å². The van der Waals surface area contributed by atoms with Gasteiger partial charge in [0.25, 0.3) is 5.56 Å². The maximum atomic E-state index is 11.6. The zero-order chi connectivity index (χ0) is 15.3. The van der Waals surface area contributed by atoms with E-state index in [1.165, 1.54) is 0 Å². The number of fused-ring (bicyclic) bond motifs is 1. The number of hydrogen-bond acceptors (Lipinski definition) is 4. The Hall–Kier alpha value is -1.85. The first-order valence-electron chi connectivity index (χ1n) is 7.13. The molecule has 6 nitrogen and oxygen atoms in total. The molecule has 0 saturated carbocycles. The number of nitrogens with zero attached hydrogens (tertiary/aromatic N) is 3. The minimum Gasteiger partial charge on any atom is -0.369 e. The fourth-order valence-electron chi connectivity index (χ4n) is 1.73. The predicted octanol–water partition coefficient (Wildman–Crippen LogP) is 2.55. The van der Waals surface area contributed by atoms with Crippen LogP contribution >= 0.6 is 0 Å². The molecule has 112 valence electrons. The van der Waals surface area contributed by atoms with E-state index in [9.17, 15) is 4.79 Å². The van der Waals surface area contributed by atoms with Crippen LogP contribution in [0.4, 0.5) is 5.95 Å². The fraction of sp³-hybridized carbons (Fsp3) is 0.643. The molecule has 0 amide bonds. The maximum Gasteiger partial charge on any atom is 0.280 e. The van der Waals surface area contributed by atoms with Crippen molar-refractivity contribution in [3.63, 3.8) is 0 Å². The van der Waals surface area contributed by atoms with Gasteiger partial charge in [-0.25, -0.2) is 4.98 Å². The topological polar surface area (TPSA) is 89.6 Å². The van der Waals surface area contributed by atoms with Crippen molar-refractivity contribution >= 4 is 17.1 Å². The summed E-state index contributed by atoms with van der Waals surface area (Å²) in [5, 5.41) is 0. The Balaban J connectivity index is 0.000000956. The molecule has 0 unspecified atom stereocenters. The molecule has 2 aromatic rings. The van der Waals surface area contributed by atoms with Gasteiger partial charge in [0, 0.05) is 6.54 Å². The Labute approximate surface area is 119 Å². The third-order valence-corrected chi connectivity index (χ3v) is 3.48. The summed E-state index contributed by atoms with van der Waals surface area (Å²) in [6, 6.07) is 0. The molecule has 2 rings (SSSR count). The zero-order valence-electron chi connectivity index (χ0n) is 13.0. The van der Waals surface area contributed by atoms with Crippen LogP contribution in [-0.2, 0) is 6.54 Å². The lowest BCUT2D eigenvalue weighted by molar-refractivity contribution is 0.303. The highest BCUT2D eigenvalue weighted by Gasteiger charge is 2.16. The molecule has 0 aliphatic rings. The van der Waals surface area contributed by atoms with Crippen LogP contribution in [0.5, 0.6) is 0 Å². The standard InChI is InChI=1S/C12H19N5O.C2H6/c1-4-12(2,3)5-6-17-7-14-8-9(17)15-11(13)16-10(8)18;1-2/h7H,4-6H2,1-3H3,(H3,13,15,16,18);1-2H3. The number of imidazole rings is 1. The number of aromatic amines is 1. The molecular formula is C14H25N5O. The number of rotatable bonds is 4. The summed E-state index contributed by atoms with van der Waals surface area (Å²) in [5.41, 5.74) is 6.44. The molecular weight excluding hydrogens is 254 g/mol. The smallest absolute Gasteiger partial charge is 0.280 e. The van der Waals surface area contributed by atoms with Gasteiger partial charge in [0.15, 0.2) is 11.2 Å². The molecule has 2 heterocycles. The highest BCUT2D eigenvalue weighted by molar-refractivity contribution is 5.70. The average molecular weight is 279 g/mol. The van der Waals surface area contributed by atoms with Crippen LogP contribution < -0.4 is 11.3 Å². The van der Waals surface area contributed by atoms with Crippen molar-refractivity contribution in [3.8, 4) is 0 Å². The minimum atomic E-state index is -0.286. The first kappa shape index (κ1) is 16.2. The monoisotopic (exact) mass is 279 g/mol. The first-order valence-corrected chi connectivity index (χ1v) is 7.13. The summed E-state index contributed by atoms with van der Waals surface area (Å²) >= 11 is 0. The Morgan fingerprint density at radius 2 is 2.05 bits per heavy atom. The molecule has 2 aromatic heterocycles.